The third-order valence-electron chi connectivity index (χ3n) is 2.66. The van der Waals surface area contributed by atoms with Gasteiger partial charge >= 0.3 is 5.97 Å². The summed E-state index contributed by atoms with van der Waals surface area (Å²) in [6, 6.07) is 0. The lowest BCUT2D eigenvalue weighted by Crippen LogP contribution is -2.30. The molecule has 92 valence electrons. The van der Waals surface area contributed by atoms with Crippen molar-refractivity contribution >= 4 is 17.5 Å². The molecule has 0 aromatic rings. The topological polar surface area (TPSA) is 91.7 Å². The predicted octanol–water partition coefficient (Wildman–Crippen LogP) is 0.484. The first-order chi connectivity index (χ1) is 7.79. The average Bonchev–Trinajstić information content (AvgIpc) is 2.18. The van der Waals surface area contributed by atoms with Gasteiger partial charge in [0.05, 0.1) is 13.0 Å². The normalized spacial score (nSPS) is 16.6. The maximum atomic E-state index is 11.7. The standard InChI is InChI=1S/C12H14O5/c1-12(2,5-10(16)17)11-7(6-13)8(14)3-4-9(11)15/h3-4,13H,5-6H2,1-2H3,(H,16,17). The van der Waals surface area contributed by atoms with Crippen LogP contribution in [0.3, 0.4) is 0 Å². The van der Waals surface area contributed by atoms with Crippen molar-refractivity contribution < 1.29 is 24.6 Å². The first-order valence-corrected chi connectivity index (χ1v) is 5.12. The molecule has 5 heteroatoms. The largest absolute Gasteiger partial charge is 0.481 e. The highest BCUT2D eigenvalue weighted by atomic mass is 16.4. The van der Waals surface area contributed by atoms with Crippen molar-refractivity contribution in [2.45, 2.75) is 20.3 Å². The molecular weight excluding hydrogens is 224 g/mol. The van der Waals surface area contributed by atoms with Crippen LogP contribution < -0.4 is 0 Å². The molecule has 1 rings (SSSR count). The molecule has 0 saturated carbocycles. The zero-order chi connectivity index (χ0) is 13.2. The van der Waals surface area contributed by atoms with Crippen molar-refractivity contribution in [3.8, 4) is 0 Å². The Balaban J connectivity index is 3.27. The molecule has 0 amide bonds. The Bertz CT molecular complexity index is 440. The van der Waals surface area contributed by atoms with Crippen LogP contribution in [-0.4, -0.2) is 34.4 Å². The van der Waals surface area contributed by atoms with Gasteiger partial charge in [0.2, 0.25) is 0 Å². The van der Waals surface area contributed by atoms with Crippen molar-refractivity contribution in [3.63, 3.8) is 0 Å². The molecule has 0 atom stereocenters. The average molecular weight is 238 g/mol. The number of aliphatic hydroxyl groups excluding tert-OH is 1. The fourth-order valence-electron chi connectivity index (χ4n) is 1.97. The zero-order valence-electron chi connectivity index (χ0n) is 9.69. The lowest BCUT2D eigenvalue weighted by Gasteiger charge is -2.28. The Labute approximate surface area is 98.4 Å². The second-order valence-corrected chi connectivity index (χ2v) is 4.53. The van der Waals surface area contributed by atoms with Gasteiger partial charge in [-0.2, -0.15) is 0 Å². The third-order valence-corrected chi connectivity index (χ3v) is 2.66. The van der Waals surface area contributed by atoms with Crippen LogP contribution in [0.4, 0.5) is 0 Å². The minimum absolute atomic E-state index is 0.0104. The number of allylic oxidation sites excluding steroid dienone is 3. The van der Waals surface area contributed by atoms with Gasteiger partial charge in [-0.15, -0.1) is 0 Å². The van der Waals surface area contributed by atoms with Gasteiger partial charge in [0.15, 0.2) is 11.6 Å². The lowest BCUT2D eigenvalue weighted by atomic mass is 9.74. The van der Waals surface area contributed by atoms with Gasteiger partial charge in [-0.3, -0.25) is 14.4 Å². The fraction of sp³-hybridized carbons (Fsp3) is 0.417. The van der Waals surface area contributed by atoms with Crippen molar-refractivity contribution in [3.05, 3.63) is 23.3 Å². The summed E-state index contributed by atoms with van der Waals surface area (Å²) in [6.45, 7) is 2.57. The summed E-state index contributed by atoms with van der Waals surface area (Å²) in [7, 11) is 0. The lowest BCUT2D eigenvalue weighted by molar-refractivity contribution is -0.138. The fourth-order valence-corrected chi connectivity index (χ4v) is 1.97. The molecule has 0 aliphatic heterocycles. The van der Waals surface area contributed by atoms with Gasteiger partial charge in [0.25, 0.3) is 0 Å². The number of carbonyl (C=O) groups excluding carboxylic acids is 2. The Morgan fingerprint density at radius 3 is 2.24 bits per heavy atom. The summed E-state index contributed by atoms with van der Waals surface area (Å²) in [5.74, 6) is -1.92. The third kappa shape index (κ3) is 2.68. The van der Waals surface area contributed by atoms with Crippen molar-refractivity contribution in [1.82, 2.24) is 0 Å². The van der Waals surface area contributed by atoms with Crippen LogP contribution in [-0.2, 0) is 14.4 Å². The first kappa shape index (κ1) is 13.3. The number of carboxylic acids is 1. The summed E-state index contributed by atoms with van der Waals surface area (Å²) in [4.78, 5) is 34.0. The molecule has 0 fully saturated rings. The van der Waals surface area contributed by atoms with Crippen LogP contribution in [0.15, 0.2) is 23.3 Å². The summed E-state index contributed by atoms with van der Waals surface area (Å²) in [6.07, 6.45) is 1.92. The van der Waals surface area contributed by atoms with E-state index >= 15 is 0 Å². The number of aliphatic carboxylic acids is 1. The number of aliphatic hydroxyl groups is 1. The predicted molar refractivity (Wildman–Crippen MR) is 59.3 cm³/mol. The van der Waals surface area contributed by atoms with Gasteiger partial charge in [-0.05, 0) is 12.2 Å². The number of hydrogen-bond acceptors (Lipinski definition) is 4. The molecule has 0 bridgehead atoms. The molecule has 1 aliphatic carbocycles. The van der Waals surface area contributed by atoms with E-state index in [2.05, 4.69) is 0 Å². The SMILES string of the molecule is CC(C)(CC(=O)O)C1=C(CO)C(=O)C=CC1=O. The second-order valence-electron chi connectivity index (χ2n) is 4.53. The summed E-state index contributed by atoms with van der Waals surface area (Å²) in [5, 5.41) is 17.9. The molecule has 0 radical (unpaired) electrons. The molecule has 17 heavy (non-hydrogen) atoms. The highest BCUT2D eigenvalue weighted by Crippen LogP contribution is 2.35. The van der Waals surface area contributed by atoms with Gasteiger partial charge < -0.3 is 10.2 Å². The van der Waals surface area contributed by atoms with Crippen LogP contribution in [0.2, 0.25) is 0 Å². The number of hydrogen-bond donors (Lipinski definition) is 2. The second kappa shape index (κ2) is 4.63. The molecule has 0 unspecified atom stereocenters. The highest BCUT2D eigenvalue weighted by molar-refractivity contribution is 6.20. The van der Waals surface area contributed by atoms with Crippen molar-refractivity contribution in [1.29, 1.82) is 0 Å². The van der Waals surface area contributed by atoms with Gasteiger partial charge in [-0.25, -0.2) is 0 Å². The number of ketones is 2. The molecule has 5 nitrogen and oxygen atoms in total. The van der Waals surface area contributed by atoms with E-state index in [-0.39, 0.29) is 17.6 Å². The van der Waals surface area contributed by atoms with Crippen LogP contribution in [0.1, 0.15) is 20.3 Å². The molecule has 0 aromatic carbocycles. The van der Waals surface area contributed by atoms with E-state index in [9.17, 15) is 14.4 Å². The number of carbonyl (C=O) groups is 3. The van der Waals surface area contributed by atoms with E-state index in [0.29, 0.717) is 0 Å². The van der Waals surface area contributed by atoms with Gasteiger partial charge in [0.1, 0.15) is 0 Å². The molecule has 0 spiro atoms. The Kier molecular flexibility index (Phi) is 3.63. The Hall–Kier alpha value is -1.75. The molecule has 1 aliphatic rings. The van der Waals surface area contributed by atoms with Crippen molar-refractivity contribution in [2.75, 3.05) is 6.61 Å². The molecule has 0 aromatic heterocycles. The molecular formula is C12H14O5. The summed E-state index contributed by atoms with van der Waals surface area (Å²) >= 11 is 0. The van der Waals surface area contributed by atoms with Crippen molar-refractivity contribution in [2.24, 2.45) is 5.41 Å². The maximum Gasteiger partial charge on any atom is 0.304 e. The van der Waals surface area contributed by atoms with E-state index in [0.717, 1.165) is 12.2 Å². The van der Waals surface area contributed by atoms with Crippen LogP contribution in [0.25, 0.3) is 0 Å². The first-order valence-electron chi connectivity index (χ1n) is 5.12. The summed E-state index contributed by atoms with van der Waals surface area (Å²) in [5.41, 5.74) is -0.903. The highest BCUT2D eigenvalue weighted by Gasteiger charge is 2.35. The minimum Gasteiger partial charge on any atom is -0.481 e. The van der Waals surface area contributed by atoms with Gasteiger partial charge in [0, 0.05) is 16.6 Å². The van der Waals surface area contributed by atoms with E-state index in [4.69, 9.17) is 10.2 Å². The molecule has 2 N–H and O–H groups in total. The van der Waals surface area contributed by atoms with Crippen LogP contribution >= 0.6 is 0 Å². The van der Waals surface area contributed by atoms with E-state index < -0.39 is 29.6 Å². The van der Waals surface area contributed by atoms with E-state index in [1.54, 1.807) is 13.8 Å². The van der Waals surface area contributed by atoms with E-state index in [1.165, 1.54) is 0 Å². The number of carboxylic acid groups (broad SMARTS) is 1. The maximum absolute atomic E-state index is 11.7. The monoisotopic (exact) mass is 238 g/mol. The minimum atomic E-state index is -1.06. The van der Waals surface area contributed by atoms with E-state index in [1.807, 2.05) is 0 Å². The summed E-state index contributed by atoms with van der Waals surface area (Å²) < 4.78 is 0. The number of rotatable bonds is 4. The molecule has 0 heterocycles. The van der Waals surface area contributed by atoms with Gasteiger partial charge in [-0.1, -0.05) is 13.8 Å². The molecule has 0 saturated heterocycles. The van der Waals surface area contributed by atoms with Crippen LogP contribution in [0, 0.1) is 5.41 Å². The van der Waals surface area contributed by atoms with Crippen LogP contribution in [0.5, 0.6) is 0 Å². The quantitative estimate of drug-likeness (QED) is 0.695. The Morgan fingerprint density at radius 2 is 1.76 bits per heavy atom. The Morgan fingerprint density at radius 1 is 1.24 bits per heavy atom. The smallest absolute Gasteiger partial charge is 0.304 e. The zero-order valence-corrected chi connectivity index (χ0v) is 9.69.